The second-order valence-corrected chi connectivity index (χ2v) is 5.12. The fraction of sp³-hybridized carbons (Fsp3) is 0.500. The molecule has 2 rings (SSSR count). The van der Waals surface area contributed by atoms with Crippen LogP contribution in [0.25, 0.3) is 0 Å². The van der Waals surface area contributed by atoms with Crippen LogP contribution in [0.4, 0.5) is 14.5 Å². The topological polar surface area (TPSA) is 55.6 Å². The summed E-state index contributed by atoms with van der Waals surface area (Å²) in [6.45, 7) is 1.83. The van der Waals surface area contributed by atoms with Gasteiger partial charge in [0, 0.05) is 26.3 Å². The number of benzene rings is 1. The van der Waals surface area contributed by atoms with Crippen LogP contribution in [0.2, 0.25) is 0 Å². The number of halogens is 2. The predicted molar refractivity (Wildman–Crippen MR) is 71.3 cm³/mol. The van der Waals surface area contributed by atoms with Gasteiger partial charge in [0.1, 0.15) is 11.6 Å². The quantitative estimate of drug-likeness (QED) is 0.864. The molecule has 4 nitrogen and oxygen atoms in total. The molecule has 0 bridgehead atoms. The number of carbonyl (C=O) groups is 1. The van der Waals surface area contributed by atoms with Crippen LogP contribution >= 0.6 is 0 Å². The molecule has 0 aliphatic carbocycles. The van der Waals surface area contributed by atoms with Crippen LogP contribution < -0.4 is 5.73 Å². The van der Waals surface area contributed by atoms with Crippen LogP contribution in [0.15, 0.2) is 12.1 Å². The van der Waals surface area contributed by atoms with E-state index in [-0.39, 0.29) is 17.2 Å². The van der Waals surface area contributed by atoms with Crippen molar-refractivity contribution >= 4 is 11.6 Å². The smallest absolute Gasteiger partial charge is 0.256 e. The summed E-state index contributed by atoms with van der Waals surface area (Å²) >= 11 is 0. The maximum Gasteiger partial charge on any atom is 0.256 e. The van der Waals surface area contributed by atoms with Gasteiger partial charge in [0.25, 0.3) is 5.91 Å². The van der Waals surface area contributed by atoms with Crippen molar-refractivity contribution in [3.63, 3.8) is 0 Å². The highest BCUT2D eigenvalue weighted by Gasteiger charge is 2.22. The molecule has 1 fully saturated rings. The van der Waals surface area contributed by atoms with Crippen LogP contribution in [0.5, 0.6) is 0 Å². The van der Waals surface area contributed by atoms with Crippen LogP contribution in [0, 0.1) is 17.6 Å². The van der Waals surface area contributed by atoms with E-state index in [1.54, 1.807) is 7.05 Å². The van der Waals surface area contributed by atoms with Crippen molar-refractivity contribution < 1.29 is 18.3 Å². The predicted octanol–water partition coefficient (Wildman–Crippen LogP) is 2.05. The third-order valence-corrected chi connectivity index (χ3v) is 3.45. The monoisotopic (exact) mass is 284 g/mol. The normalized spacial score (nSPS) is 18.9. The van der Waals surface area contributed by atoms with Gasteiger partial charge in [0.05, 0.1) is 17.9 Å². The SMILES string of the molecule is CN(CC1CCCOC1)C(=O)c1cc(N)c(F)cc1F. The highest BCUT2D eigenvalue weighted by Crippen LogP contribution is 2.20. The first-order chi connectivity index (χ1) is 9.49. The minimum absolute atomic E-state index is 0.205. The van der Waals surface area contributed by atoms with Crippen molar-refractivity contribution in [1.29, 1.82) is 0 Å². The van der Waals surface area contributed by atoms with E-state index in [1.165, 1.54) is 4.90 Å². The van der Waals surface area contributed by atoms with Gasteiger partial charge in [0.2, 0.25) is 0 Å². The molecule has 0 saturated carbocycles. The maximum atomic E-state index is 13.7. The van der Waals surface area contributed by atoms with Gasteiger partial charge < -0.3 is 15.4 Å². The molecule has 1 aromatic carbocycles. The molecular weight excluding hydrogens is 266 g/mol. The second-order valence-electron chi connectivity index (χ2n) is 5.12. The van der Waals surface area contributed by atoms with Gasteiger partial charge >= 0.3 is 0 Å². The van der Waals surface area contributed by atoms with Gasteiger partial charge in [-0.15, -0.1) is 0 Å². The second kappa shape index (κ2) is 6.17. The minimum atomic E-state index is -0.895. The Kier molecular flexibility index (Phi) is 4.54. The summed E-state index contributed by atoms with van der Waals surface area (Å²) in [5.41, 5.74) is 4.94. The van der Waals surface area contributed by atoms with E-state index in [9.17, 15) is 13.6 Å². The summed E-state index contributed by atoms with van der Waals surface area (Å²) in [6.07, 6.45) is 1.94. The lowest BCUT2D eigenvalue weighted by molar-refractivity contribution is 0.0387. The summed E-state index contributed by atoms with van der Waals surface area (Å²) in [4.78, 5) is 13.6. The Balaban J connectivity index is 2.08. The van der Waals surface area contributed by atoms with E-state index in [2.05, 4.69) is 0 Å². The fourth-order valence-electron chi connectivity index (χ4n) is 2.36. The number of ether oxygens (including phenoxy) is 1. The molecule has 1 heterocycles. The van der Waals surface area contributed by atoms with Crippen molar-refractivity contribution in [3.05, 3.63) is 29.3 Å². The molecule has 1 aromatic rings. The zero-order chi connectivity index (χ0) is 14.7. The van der Waals surface area contributed by atoms with Crippen LogP contribution in [0.3, 0.4) is 0 Å². The number of hydrogen-bond donors (Lipinski definition) is 1. The molecule has 110 valence electrons. The summed E-state index contributed by atoms with van der Waals surface area (Å²) < 4.78 is 32.1. The number of anilines is 1. The molecular formula is C14H18F2N2O2. The molecule has 1 unspecified atom stereocenters. The van der Waals surface area contributed by atoms with Gasteiger partial charge in [-0.25, -0.2) is 8.78 Å². The average Bonchev–Trinajstić information content (AvgIpc) is 2.43. The van der Waals surface area contributed by atoms with E-state index >= 15 is 0 Å². The van der Waals surface area contributed by atoms with Crippen molar-refractivity contribution in [2.75, 3.05) is 32.5 Å². The Morgan fingerprint density at radius 3 is 2.85 bits per heavy atom. The first-order valence-corrected chi connectivity index (χ1v) is 6.56. The number of carbonyl (C=O) groups excluding carboxylic acids is 1. The first kappa shape index (κ1) is 14.7. The molecule has 1 aliphatic rings. The van der Waals surface area contributed by atoms with Gasteiger partial charge in [-0.1, -0.05) is 0 Å². The lowest BCUT2D eigenvalue weighted by Gasteiger charge is -2.27. The van der Waals surface area contributed by atoms with Crippen molar-refractivity contribution in [2.45, 2.75) is 12.8 Å². The number of nitrogens with two attached hydrogens (primary N) is 1. The summed E-state index contributed by atoms with van der Waals surface area (Å²) in [6, 6.07) is 1.68. The Morgan fingerprint density at radius 2 is 2.20 bits per heavy atom. The Hall–Kier alpha value is -1.69. The Bertz CT molecular complexity index is 502. The van der Waals surface area contributed by atoms with Crippen LogP contribution in [-0.4, -0.2) is 37.6 Å². The highest BCUT2D eigenvalue weighted by molar-refractivity contribution is 5.95. The van der Waals surface area contributed by atoms with Crippen molar-refractivity contribution in [3.8, 4) is 0 Å². The molecule has 2 N–H and O–H groups in total. The third-order valence-electron chi connectivity index (χ3n) is 3.45. The maximum absolute atomic E-state index is 13.7. The zero-order valence-electron chi connectivity index (χ0n) is 11.4. The summed E-state index contributed by atoms with van der Waals surface area (Å²) in [5, 5.41) is 0. The molecule has 1 aliphatic heterocycles. The van der Waals surface area contributed by atoms with Gasteiger partial charge in [-0.3, -0.25) is 4.79 Å². The van der Waals surface area contributed by atoms with E-state index < -0.39 is 17.5 Å². The summed E-state index contributed by atoms with van der Waals surface area (Å²) in [5.74, 6) is -2.01. The Morgan fingerprint density at radius 1 is 1.45 bits per heavy atom. The molecule has 6 heteroatoms. The molecule has 1 amide bonds. The highest BCUT2D eigenvalue weighted by atomic mass is 19.1. The molecule has 20 heavy (non-hydrogen) atoms. The Labute approximate surface area is 116 Å². The van der Waals surface area contributed by atoms with Crippen LogP contribution in [-0.2, 0) is 4.74 Å². The number of rotatable bonds is 3. The number of hydrogen-bond acceptors (Lipinski definition) is 3. The number of amides is 1. The fourth-order valence-corrected chi connectivity index (χ4v) is 2.36. The minimum Gasteiger partial charge on any atom is -0.396 e. The number of nitrogen functional groups attached to an aromatic ring is 1. The van der Waals surface area contributed by atoms with E-state index in [1.807, 2.05) is 0 Å². The molecule has 1 saturated heterocycles. The van der Waals surface area contributed by atoms with Gasteiger partial charge in [-0.05, 0) is 24.8 Å². The number of nitrogens with zero attached hydrogens (tertiary/aromatic N) is 1. The lowest BCUT2D eigenvalue weighted by Crippen LogP contribution is -2.35. The van der Waals surface area contributed by atoms with Gasteiger partial charge in [0.15, 0.2) is 0 Å². The first-order valence-electron chi connectivity index (χ1n) is 6.56. The van der Waals surface area contributed by atoms with E-state index in [4.69, 9.17) is 10.5 Å². The average molecular weight is 284 g/mol. The lowest BCUT2D eigenvalue weighted by atomic mass is 10.0. The van der Waals surface area contributed by atoms with Gasteiger partial charge in [-0.2, -0.15) is 0 Å². The summed E-state index contributed by atoms with van der Waals surface area (Å²) in [7, 11) is 1.59. The van der Waals surface area contributed by atoms with Crippen molar-refractivity contribution in [2.24, 2.45) is 5.92 Å². The molecule has 0 spiro atoms. The van der Waals surface area contributed by atoms with Crippen LogP contribution in [0.1, 0.15) is 23.2 Å². The van der Waals surface area contributed by atoms with E-state index in [0.717, 1.165) is 25.5 Å². The molecule has 1 atom stereocenters. The molecule has 0 aromatic heterocycles. The van der Waals surface area contributed by atoms with Crippen molar-refractivity contribution in [1.82, 2.24) is 4.90 Å². The van der Waals surface area contributed by atoms with E-state index in [0.29, 0.717) is 19.2 Å². The standard InChI is InChI=1S/C14H18F2N2O2/c1-18(7-9-3-2-4-20-8-9)14(19)10-5-13(17)12(16)6-11(10)15/h5-6,9H,2-4,7-8,17H2,1H3. The largest absolute Gasteiger partial charge is 0.396 e. The zero-order valence-corrected chi connectivity index (χ0v) is 11.4. The molecule has 0 radical (unpaired) electrons. The third kappa shape index (κ3) is 3.25.